The van der Waals surface area contributed by atoms with E-state index < -0.39 is 9.84 Å². The SMILES string of the molecule is COCCOCCNC1(C)CCS(=O)(=O)C1. The monoisotopic (exact) mass is 251 g/mol. The van der Waals surface area contributed by atoms with Crippen LogP contribution in [0.3, 0.4) is 0 Å². The van der Waals surface area contributed by atoms with Gasteiger partial charge in [-0.3, -0.25) is 0 Å². The summed E-state index contributed by atoms with van der Waals surface area (Å²) in [5.74, 6) is 0.527. The minimum Gasteiger partial charge on any atom is -0.382 e. The van der Waals surface area contributed by atoms with E-state index in [0.717, 1.165) is 0 Å². The van der Waals surface area contributed by atoms with E-state index in [-0.39, 0.29) is 11.3 Å². The van der Waals surface area contributed by atoms with Gasteiger partial charge in [-0.1, -0.05) is 0 Å². The lowest BCUT2D eigenvalue weighted by molar-refractivity contribution is 0.0697. The zero-order valence-corrected chi connectivity index (χ0v) is 10.8. The fourth-order valence-electron chi connectivity index (χ4n) is 1.82. The maximum Gasteiger partial charge on any atom is 0.152 e. The van der Waals surface area contributed by atoms with Crippen LogP contribution in [-0.2, 0) is 19.3 Å². The molecule has 0 saturated carbocycles. The van der Waals surface area contributed by atoms with Gasteiger partial charge in [-0.05, 0) is 13.3 Å². The van der Waals surface area contributed by atoms with Crippen LogP contribution in [-0.4, -0.2) is 58.9 Å². The summed E-state index contributed by atoms with van der Waals surface area (Å²) < 4.78 is 32.8. The van der Waals surface area contributed by atoms with Gasteiger partial charge in [0.15, 0.2) is 9.84 Å². The van der Waals surface area contributed by atoms with Crippen molar-refractivity contribution in [1.82, 2.24) is 5.32 Å². The number of sulfone groups is 1. The second-order valence-electron chi connectivity index (χ2n) is 4.43. The molecule has 0 aliphatic carbocycles. The number of hydrogen-bond donors (Lipinski definition) is 1. The van der Waals surface area contributed by atoms with Crippen molar-refractivity contribution in [1.29, 1.82) is 0 Å². The topological polar surface area (TPSA) is 64.6 Å². The van der Waals surface area contributed by atoms with E-state index in [1.807, 2.05) is 6.92 Å². The van der Waals surface area contributed by atoms with Crippen LogP contribution in [0.15, 0.2) is 0 Å². The average Bonchev–Trinajstić information content (AvgIpc) is 2.47. The molecule has 6 heteroatoms. The molecule has 5 nitrogen and oxygen atoms in total. The molecule has 0 aromatic heterocycles. The van der Waals surface area contributed by atoms with Crippen LogP contribution in [0.5, 0.6) is 0 Å². The first-order chi connectivity index (χ1) is 7.47. The van der Waals surface area contributed by atoms with Gasteiger partial charge in [0.25, 0.3) is 0 Å². The van der Waals surface area contributed by atoms with Gasteiger partial charge in [0.1, 0.15) is 0 Å². The summed E-state index contributed by atoms with van der Waals surface area (Å²) >= 11 is 0. The van der Waals surface area contributed by atoms with Crippen molar-refractivity contribution in [2.45, 2.75) is 18.9 Å². The molecule has 1 fully saturated rings. The zero-order chi connectivity index (χ0) is 12.1. The summed E-state index contributed by atoms with van der Waals surface area (Å²) in [7, 11) is -1.20. The molecule has 0 radical (unpaired) electrons. The van der Waals surface area contributed by atoms with E-state index in [4.69, 9.17) is 9.47 Å². The van der Waals surface area contributed by atoms with E-state index in [9.17, 15) is 8.42 Å². The predicted molar refractivity (Wildman–Crippen MR) is 62.4 cm³/mol. The Hall–Kier alpha value is -0.170. The molecule has 1 rings (SSSR count). The third kappa shape index (κ3) is 4.78. The van der Waals surface area contributed by atoms with Crippen molar-refractivity contribution in [3.63, 3.8) is 0 Å². The molecule has 1 aliphatic rings. The molecule has 0 aromatic carbocycles. The molecule has 1 aliphatic heterocycles. The zero-order valence-electron chi connectivity index (χ0n) is 9.99. The van der Waals surface area contributed by atoms with Crippen LogP contribution in [0.2, 0.25) is 0 Å². The molecule has 0 amide bonds. The maximum atomic E-state index is 11.3. The molecule has 1 saturated heterocycles. The minimum absolute atomic E-state index is 0.234. The fraction of sp³-hybridized carbons (Fsp3) is 1.00. The maximum absolute atomic E-state index is 11.3. The van der Waals surface area contributed by atoms with Gasteiger partial charge in [-0.25, -0.2) is 8.42 Å². The first-order valence-corrected chi connectivity index (χ1v) is 7.32. The lowest BCUT2D eigenvalue weighted by atomic mass is 10.0. The highest BCUT2D eigenvalue weighted by atomic mass is 32.2. The first kappa shape index (κ1) is 13.9. The Bertz CT molecular complexity index is 304. The molecule has 0 aromatic rings. The number of methoxy groups -OCH3 is 1. The van der Waals surface area contributed by atoms with E-state index in [1.54, 1.807) is 7.11 Å². The smallest absolute Gasteiger partial charge is 0.152 e. The Morgan fingerprint density at radius 1 is 1.31 bits per heavy atom. The fourth-order valence-corrected chi connectivity index (χ4v) is 3.94. The summed E-state index contributed by atoms with van der Waals surface area (Å²) in [5.41, 5.74) is -0.274. The Morgan fingerprint density at radius 2 is 2.06 bits per heavy atom. The van der Waals surface area contributed by atoms with Gasteiger partial charge in [0.2, 0.25) is 0 Å². The van der Waals surface area contributed by atoms with Crippen molar-refractivity contribution in [2.24, 2.45) is 0 Å². The van der Waals surface area contributed by atoms with Crippen molar-refractivity contribution in [3.8, 4) is 0 Å². The number of ether oxygens (including phenoxy) is 2. The van der Waals surface area contributed by atoms with Crippen molar-refractivity contribution in [2.75, 3.05) is 45.0 Å². The van der Waals surface area contributed by atoms with E-state index in [0.29, 0.717) is 38.5 Å². The second kappa shape index (κ2) is 5.95. The summed E-state index contributed by atoms with van der Waals surface area (Å²) in [6, 6.07) is 0. The average molecular weight is 251 g/mol. The Balaban J connectivity index is 2.13. The van der Waals surface area contributed by atoms with Crippen molar-refractivity contribution >= 4 is 9.84 Å². The van der Waals surface area contributed by atoms with Crippen LogP contribution in [0, 0.1) is 0 Å². The highest BCUT2D eigenvalue weighted by Gasteiger charge is 2.37. The minimum atomic E-state index is -2.83. The molecular formula is C10H21NO4S. The Morgan fingerprint density at radius 3 is 2.62 bits per heavy atom. The van der Waals surface area contributed by atoms with E-state index in [1.165, 1.54) is 0 Å². The third-order valence-corrected chi connectivity index (χ3v) is 4.64. The van der Waals surface area contributed by atoms with Gasteiger partial charge in [0, 0.05) is 19.2 Å². The summed E-state index contributed by atoms with van der Waals surface area (Å²) in [5, 5.41) is 3.25. The molecular weight excluding hydrogens is 230 g/mol. The lowest BCUT2D eigenvalue weighted by Crippen LogP contribution is -2.44. The summed E-state index contributed by atoms with van der Waals surface area (Å²) in [6.45, 7) is 4.38. The van der Waals surface area contributed by atoms with E-state index in [2.05, 4.69) is 5.32 Å². The van der Waals surface area contributed by atoms with Crippen LogP contribution >= 0.6 is 0 Å². The van der Waals surface area contributed by atoms with Crippen LogP contribution in [0.1, 0.15) is 13.3 Å². The van der Waals surface area contributed by atoms with Gasteiger partial charge in [0.05, 0.1) is 31.3 Å². The standard InChI is InChI=1S/C10H21NO4S/c1-10(3-8-16(12,13)9-10)11-4-5-15-7-6-14-2/h11H,3-9H2,1-2H3. The van der Waals surface area contributed by atoms with Crippen LogP contribution < -0.4 is 5.32 Å². The quantitative estimate of drug-likeness (QED) is 0.636. The van der Waals surface area contributed by atoms with E-state index >= 15 is 0 Å². The number of hydrogen-bond acceptors (Lipinski definition) is 5. The van der Waals surface area contributed by atoms with Crippen LogP contribution in [0.25, 0.3) is 0 Å². The van der Waals surface area contributed by atoms with Gasteiger partial charge < -0.3 is 14.8 Å². The molecule has 0 spiro atoms. The normalized spacial score (nSPS) is 28.4. The largest absolute Gasteiger partial charge is 0.382 e. The highest BCUT2D eigenvalue weighted by Crippen LogP contribution is 2.22. The highest BCUT2D eigenvalue weighted by molar-refractivity contribution is 7.91. The molecule has 96 valence electrons. The second-order valence-corrected chi connectivity index (χ2v) is 6.62. The summed E-state index contributed by atoms with van der Waals surface area (Å²) in [4.78, 5) is 0. The van der Waals surface area contributed by atoms with Gasteiger partial charge >= 0.3 is 0 Å². The number of nitrogens with one attached hydrogen (secondary N) is 1. The van der Waals surface area contributed by atoms with Crippen molar-refractivity contribution in [3.05, 3.63) is 0 Å². The van der Waals surface area contributed by atoms with Gasteiger partial charge in [-0.2, -0.15) is 0 Å². The molecule has 0 bridgehead atoms. The molecule has 1 unspecified atom stereocenters. The summed E-state index contributed by atoms with van der Waals surface area (Å²) in [6.07, 6.45) is 0.688. The first-order valence-electron chi connectivity index (χ1n) is 5.50. The molecule has 1 N–H and O–H groups in total. The predicted octanol–water partition coefficient (Wildman–Crippen LogP) is -0.184. The van der Waals surface area contributed by atoms with Crippen molar-refractivity contribution < 1.29 is 17.9 Å². The van der Waals surface area contributed by atoms with Gasteiger partial charge in [-0.15, -0.1) is 0 Å². The Labute approximate surface area is 97.4 Å². The molecule has 1 heterocycles. The third-order valence-electron chi connectivity index (χ3n) is 2.73. The molecule has 16 heavy (non-hydrogen) atoms. The molecule has 1 atom stereocenters. The lowest BCUT2D eigenvalue weighted by Gasteiger charge is -2.23. The number of rotatable bonds is 7. The van der Waals surface area contributed by atoms with Crippen LogP contribution in [0.4, 0.5) is 0 Å². The Kier molecular flexibility index (Phi) is 5.17.